The molecule has 1 amide bonds. The lowest BCUT2D eigenvalue weighted by molar-refractivity contribution is -0.117. The van der Waals surface area contributed by atoms with Crippen LogP contribution in [0.15, 0.2) is 47.4 Å². The highest BCUT2D eigenvalue weighted by Crippen LogP contribution is 2.34. The van der Waals surface area contributed by atoms with Crippen molar-refractivity contribution in [2.75, 3.05) is 23.3 Å². The Bertz CT molecular complexity index is 915. The summed E-state index contributed by atoms with van der Waals surface area (Å²) in [5, 5.41) is 0.429. The fourth-order valence-corrected chi connectivity index (χ4v) is 3.98. The van der Waals surface area contributed by atoms with E-state index in [1.54, 1.807) is 29.2 Å². The SMILES string of the molecule is COc1ccc(S(=O)(=O)Nc2cccc(Cl)c2)cc1N1CCCC1=O. The second kappa shape index (κ2) is 6.93. The lowest BCUT2D eigenvalue weighted by Gasteiger charge is -2.20. The van der Waals surface area contributed by atoms with E-state index < -0.39 is 10.0 Å². The quantitative estimate of drug-likeness (QED) is 0.863. The molecule has 3 rings (SSSR count). The Labute approximate surface area is 151 Å². The van der Waals surface area contributed by atoms with Crippen LogP contribution in [0, 0.1) is 0 Å². The summed E-state index contributed by atoms with van der Waals surface area (Å²) in [6.45, 7) is 0.542. The number of nitrogens with one attached hydrogen (secondary N) is 1. The lowest BCUT2D eigenvalue weighted by Crippen LogP contribution is -2.24. The third kappa shape index (κ3) is 3.72. The first kappa shape index (κ1) is 17.6. The number of benzene rings is 2. The number of methoxy groups -OCH3 is 1. The summed E-state index contributed by atoms with van der Waals surface area (Å²) in [5.74, 6) is 0.410. The van der Waals surface area contributed by atoms with E-state index in [4.69, 9.17) is 16.3 Å². The molecule has 0 aromatic heterocycles. The highest BCUT2D eigenvalue weighted by Gasteiger charge is 2.26. The Morgan fingerprint density at radius 2 is 2.00 bits per heavy atom. The van der Waals surface area contributed by atoms with Crippen molar-refractivity contribution in [2.45, 2.75) is 17.7 Å². The Kier molecular flexibility index (Phi) is 4.87. The number of anilines is 2. The van der Waals surface area contributed by atoms with Gasteiger partial charge in [0.2, 0.25) is 5.91 Å². The predicted molar refractivity (Wildman–Crippen MR) is 96.8 cm³/mol. The molecule has 6 nitrogen and oxygen atoms in total. The molecule has 1 fully saturated rings. The van der Waals surface area contributed by atoms with Crippen LogP contribution in [0.1, 0.15) is 12.8 Å². The molecular formula is C17H17ClN2O4S. The van der Waals surface area contributed by atoms with Crippen LogP contribution in [-0.2, 0) is 14.8 Å². The van der Waals surface area contributed by atoms with Crippen molar-refractivity contribution >= 4 is 38.9 Å². The van der Waals surface area contributed by atoms with E-state index in [0.29, 0.717) is 35.1 Å². The Hall–Kier alpha value is -2.25. The van der Waals surface area contributed by atoms with Gasteiger partial charge >= 0.3 is 0 Å². The van der Waals surface area contributed by atoms with Crippen LogP contribution < -0.4 is 14.4 Å². The smallest absolute Gasteiger partial charge is 0.261 e. The molecule has 1 N–H and O–H groups in total. The Morgan fingerprint density at radius 1 is 1.20 bits per heavy atom. The zero-order chi connectivity index (χ0) is 18.0. The van der Waals surface area contributed by atoms with Crippen molar-refractivity contribution in [3.8, 4) is 5.75 Å². The average Bonchev–Trinajstić information content (AvgIpc) is 2.99. The summed E-state index contributed by atoms with van der Waals surface area (Å²) in [5.41, 5.74) is 0.820. The molecule has 8 heteroatoms. The van der Waals surface area contributed by atoms with Crippen molar-refractivity contribution in [1.82, 2.24) is 0 Å². The van der Waals surface area contributed by atoms with Crippen molar-refractivity contribution in [3.05, 3.63) is 47.5 Å². The molecule has 1 aliphatic heterocycles. The molecule has 25 heavy (non-hydrogen) atoms. The zero-order valence-electron chi connectivity index (χ0n) is 13.5. The van der Waals surface area contributed by atoms with Crippen molar-refractivity contribution in [1.29, 1.82) is 0 Å². The highest BCUT2D eigenvalue weighted by atomic mass is 35.5. The van der Waals surface area contributed by atoms with Gasteiger partial charge in [-0.3, -0.25) is 9.52 Å². The number of nitrogens with zero attached hydrogens (tertiary/aromatic N) is 1. The van der Waals surface area contributed by atoms with Crippen molar-refractivity contribution < 1.29 is 17.9 Å². The Balaban J connectivity index is 1.97. The van der Waals surface area contributed by atoms with Gasteiger partial charge in [-0.2, -0.15) is 0 Å². The first-order chi connectivity index (χ1) is 11.9. The molecule has 0 saturated carbocycles. The number of carbonyl (C=O) groups excluding carboxylic acids is 1. The van der Waals surface area contributed by atoms with E-state index in [1.165, 1.54) is 25.3 Å². The van der Waals surface area contributed by atoms with Gasteiger partial charge in [-0.05, 0) is 42.8 Å². The van der Waals surface area contributed by atoms with Crippen LogP contribution in [0.25, 0.3) is 0 Å². The molecule has 1 saturated heterocycles. The number of halogens is 1. The molecule has 0 bridgehead atoms. The second-order valence-electron chi connectivity index (χ2n) is 5.60. The number of rotatable bonds is 5. The number of ether oxygens (including phenoxy) is 1. The van der Waals surface area contributed by atoms with E-state index in [0.717, 1.165) is 6.42 Å². The van der Waals surface area contributed by atoms with E-state index in [2.05, 4.69) is 4.72 Å². The van der Waals surface area contributed by atoms with E-state index in [9.17, 15) is 13.2 Å². The van der Waals surface area contributed by atoms with Crippen LogP contribution in [0.3, 0.4) is 0 Å². The molecule has 0 aliphatic carbocycles. The monoisotopic (exact) mass is 380 g/mol. The average molecular weight is 381 g/mol. The Morgan fingerprint density at radius 3 is 2.64 bits per heavy atom. The summed E-state index contributed by atoms with van der Waals surface area (Å²) in [6, 6.07) is 10.9. The summed E-state index contributed by atoms with van der Waals surface area (Å²) >= 11 is 5.89. The van der Waals surface area contributed by atoms with Gasteiger partial charge in [0.15, 0.2) is 0 Å². The minimum atomic E-state index is -3.83. The molecule has 0 spiro atoms. The third-order valence-electron chi connectivity index (χ3n) is 3.90. The van der Waals surface area contributed by atoms with E-state index in [1.807, 2.05) is 0 Å². The van der Waals surface area contributed by atoms with E-state index in [-0.39, 0.29) is 10.8 Å². The standard InChI is InChI=1S/C17H17ClN2O4S/c1-24-16-8-7-14(11-15(16)20-9-3-6-17(20)21)25(22,23)19-13-5-2-4-12(18)10-13/h2,4-5,7-8,10-11,19H,3,6,9H2,1H3. The maximum Gasteiger partial charge on any atom is 0.261 e. The molecule has 0 unspecified atom stereocenters. The largest absolute Gasteiger partial charge is 0.495 e. The normalized spacial score (nSPS) is 14.6. The molecule has 132 valence electrons. The summed E-state index contributed by atoms with van der Waals surface area (Å²) in [7, 11) is -2.34. The van der Waals surface area contributed by atoms with Gasteiger partial charge in [-0.1, -0.05) is 17.7 Å². The molecule has 2 aromatic carbocycles. The van der Waals surface area contributed by atoms with Crippen LogP contribution >= 0.6 is 11.6 Å². The minimum absolute atomic E-state index is 0.0444. The molecule has 1 heterocycles. The predicted octanol–water partition coefficient (Wildman–Crippen LogP) is 3.28. The van der Waals surface area contributed by atoms with Crippen LogP contribution in [0.4, 0.5) is 11.4 Å². The van der Waals surface area contributed by atoms with Gasteiger partial charge in [0.1, 0.15) is 5.75 Å². The van der Waals surface area contributed by atoms with Gasteiger partial charge in [0.25, 0.3) is 10.0 Å². The number of hydrogen-bond acceptors (Lipinski definition) is 4. The number of carbonyl (C=O) groups is 1. The fourth-order valence-electron chi connectivity index (χ4n) is 2.72. The summed E-state index contributed by atoms with van der Waals surface area (Å²) < 4.78 is 33.1. The number of sulfonamides is 1. The lowest BCUT2D eigenvalue weighted by atomic mass is 10.2. The highest BCUT2D eigenvalue weighted by molar-refractivity contribution is 7.92. The number of hydrogen-bond donors (Lipinski definition) is 1. The second-order valence-corrected chi connectivity index (χ2v) is 7.72. The maximum absolute atomic E-state index is 12.7. The van der Waals surface area contributed by atoms with Gasteiger partial charge in [-0.15, -0.1) is 0 Å². The number of amides is 1. The topological polar surface area (TPSA) is 75.7 Å². The third-order valence-corrected chi connectivity index (χ3v) is 5.52. The minimum Gasteiger partial charge on any atom is -0.495 e. The first-order valence-electron chi connectivity index (χ1n) is 7.67. The zero-order valence-corrected chi connectivity index (χ0v) is 15.1. The van der Waals surface area contributed by atoms with Crippen LogP contribution in [0.2, 0.25) is 5.02 Å². The first-order valence-corrected chi connectivity index (χ1v) is 9.53. The van der Waals surface area contributed by atoms with Crippen molar-refractivity contribution in [3.63, 3.8) is 0 Å². The molecule has 0 radical (unpaired) electrons. The van der Waals surface area contributed by atoms with Crippen LogP contribution in [-0.4, -0.2) is 28.0 Å². The van der Waals surface area contributed by atoms with Crippen molar-refractivity contribution in [2.24, 2.45) is 0 Å². The van der Waals surface area contributed by atoms with Gasteiger partial charge in [0, 0.05) is 18.0 Å². The van der Waals surface area contributed by atoms with E-state index >= 15 is 0 Å². The molecular weight excluding hydrogens is 364 g/mol. The molecule has 0 atom stereocenters. The van der Waals surface area contributed by atoms with Gasteiger partial charge in [0.05, 0.1) is 23.4 Å². The molecule has 1 aliphatic rings. The van der Waals surface area contributed by atoms with Gasteiger partial charge < -0.3 is 9.64 Å². The maximum atomic E-state index is 12.7. The fraction of sp³-hybridized carbons (Fsp3) is 0.235. The summed E-state index contributed by atoms with van der Waals surface area (Å²) in [4.78, 5) is 13.6. The summed E-state index contributed by atoms with van der Waals surface area (Å²) in [6.07, 6.45) is 1.18. The van der Waals surface area contributed by atoms with Gasteiger partial charge in [-0.25, -0.2) is 8.42 Å². The molecule has 2 aromatic rings. The van der Waals surface area contributed by atoms with Crippen LogP contribution in [0.5, 0.6) is 5.75 Å².